The van der Waals surface area contributed by atoms with E-state index >= 15 is 0 Å². The summed E-state index contributed by atoms with van der Waals surface area (Å²) < 4.78 is 69.1. The van der Waals surface area contributed by atoms with E-state index in [1.165, 1.54) is 0 Å². The molecule has 2 aromatic rings. The highest BCUT2D eigenvalue weighted by molar-refractivity contribution is 7.70. The lowest BCUT2D eigenvalue weighted by molar-refractivity contribution is -0.134. The molecular formula is C12H19N5O17P4. The summed E-state index contributed by atoms with van der Waals surface area (Å²) in [4.78, 5) is 59.8. The van der Waals surface area contributed by atoms with Crippen LogP contribution >= 0.6 is 31.1 Å². The number of fused-ring (bicyclic) bond motifs is 1. The fourth-order valence-electron chi connectivity index (χ4n) is 3.00. The lowest BCUT2D eigenvalue weighted by Crippen LogP contribution is -2.33. The van der Waals surface area contributed by atoms with E-state index in [9.17, 15) is 52.8 Å². The molecule has 22 nitrogen and oxygen atoms in total. The lowest BCUT2D eigenvalue weighted by Gasteiger charge is -2.20. The van der Waals surface area contributed by atoms with Crippen LogP contribution in [0.2, 0.25) is 0 Å². The van der Waals surface area contributed by atoms with Gasteiger partial charge in [-0.1, -0.05) is 0 Å². The van der Waals surface area contributed by atoms with Gasteiger partial charge in [0.25, 0.3) is 0 Å². The van der Waals surface area contributed by atoms with E-state index in [2.05, 4.69) is 32.4 Å². The number of carboxylic acid groups (broad SMARTS) is 1. The van der Waals surface area contributed by atoms with Crippen LogP contribution in [0.25, 0.3) is 11.2 Å². The van der Waals surface area contributed by atoms with E-state index in [1.54, 1.807) is 0 Å². The van der Waals surface area contributed by atoms with Gasteiger partial charge in [-0.2, -0.15) is 8.62 Å². The van der Waals surface area contributed by atoms with Gasteiger partial charge in [0.1, 0.15) is 36.3 Å². The Bertz CT molecular complexity index is 1400. The van der Waals surface area contributed by atoms with Crippen LogP contribution in [-0.4, -0.2) is 91.5 Å². The number of phosphoric acid groups is 3. The first-order valence-corrected chi connectivity index (χ1v) is 15.8. The molecule has 3 heterocycles. The Kier molecular flexibility index (Phi) is 8.97. The molecule has 38 heavy (non-hydrogen) atoms. The predicted molar refractivity (Wildman–Crippen MR) is 117 cm³/mol. The summed E-state index contributed by atoms with van der Waals surface area (Å²) in [5.74, 6) is -1.95. The van der Waals surface area contributed by atoms with Crippen molar-refractivity contribution in [3.8, 4) is 0 Å². The smallest absolute Gasteiger partial charge is 0.481 e. The van der Waals surface area contributed by atoms with Crippen LogP contribution in [-0.2, 0) is 45.2 Å². The number of hydrogen-bond acceptors (Lipinski definition) is 16. The molecule has 214 valence electrons. The van der Waals surface area contributed by atoms with Crippen molar-refractivity contribution < 1.29 is 80.1 Å². The first kappa shape index (κ1) is 30.8. The van der Waals surface area contributed by atoms with Crippen LogP contribution in [0.15, 0.2) is 12.7 Å². The van der Waals surface area contributed by atoms with Crippen molar-refractivity contribution in [2.45, 2.75) is 24.5 Å². The number of ether oxygens (including phenoxy) is 1. The Balaban J connectivity index is 1.63. The van der Waals surface area contributed by atoms with Gasteiger partial charge in [0.05, 0.1) is 12.9 Å². The first-order valence-electron chi connectivity index (χ1n) is 9.56. The maximum absolute atomic E-state index is 12.1. The molecule has 26 heteroatoms. The Morgan fingerprint density at radius 3 is 2.21 bits per heavy atom. The Morgan fingerprint density at radius 1 is 0.974 bits per heavy atom. The highest BCUT2D eigenvalue weighted by Gasteiger charge is 2.48. The number of carboxylic acids is 1. The minimum absolute atomic E-state index is 0.00259. The van der Waals surface area contributed by atoms with Gasteiger partial charge in [-0.25, -0.2) is 33.0 Å². The topological polar surface area (TPSA) is 343 Å². The molecule has 0 amide bonds. The molecule has 0 aromatic carbocycles. The third kappa shape index (κ3) is 7.70. The van der Waals surface area contributed by atoms with E-state index in [1.807, 2.05) is 0 Å². The molecule has 1 saturated heterocycles. The number of aliphatic hydroxyl groups excluding tert-OH is 2. The fraction of sp³-hybridized carbons (Fsp3) is 0.500. The maximum atomic E-state index is 12.1. The third-order valence-electron chi connectivity index (χ3n) is 4.38. The van der Waals surface area contributed by atoms with E-state index < -0.39 is 74.3 Å². The van der Waals surface area contributed by atoms with Crippen LogP contribution in [0.5, 0.6) is 0 Å². The van der Waals surface area contributed by atoms with Gasteiger partial charge in [0.2, 0.25) is 0 Å². The van der Waals surface area contributed by atoms with Crippen molar-refractivity contribution in [2.75, 3.05) is 18.5 Å². The van der Waals surface area contributed by atoms with Crippen LogP contribution < -0.4 is 5.73 Å². The summed E-state index contributed by atoms with van der Waals surface area (Å²) >= 11 is 0. The molecule has 8 atom stereocenters. The lowest BCUT2D eigenvalue weighted by atomic mass is 10.1. The summed E-state index contributed by atoms with van der Waals surface area (Å²) in [6, 6.07) is 0. The second-order valence-electron chi connectivity index (χ2n) is 7.26. The average Bonchev–Trinajstić information content (AvgIpc) is 3.25. The molecule has 0 radical (unpaired) electrons. The van der Waals surface area contributed by atoms with Crippen molar-refractivity contribution in [1.82, 2.24) is 19.5 Å². The number of aliphatic hydroxyl groups is 2. The minimum atomic E-state index is -6.08. The van der Waals surface area contributed by atoms with Crippen LogP contribution in [0.4, 0.5) is 5.82 Å². The SMILES string of the molecule is Nc1ncnc2c1ncn2[C@@H]1O[C@H](COP(=O)(O)OP(=O)(O)OP(=O)(O)OP(=O)(O)CC(=O)O)[C@@H](O)[C@H]1O. The molecule has 0 bridgehead atoms. The number of rotatable bonds is 12. The number of phosphoric ester groups is 1. The van der Waals surface area contributed by atoms with E-state index in [0.717, 1.165) is 17.2 Å². The molecule has 4 unspecified atom stereocenters. The van der Waals surface area contributed by atoms with Crippen LogP contribution in [0, 0.1) is 0 Å². The number of hydrogen-bond donors (Lipinski definition) is 8. The summed E-state index contributed by atoms with van der Waals surface area (Å²) in [7, 11) is -23.1. The van der Waals surface area contributed by atoms with Crippen LogP contribution in [0.3, 0.4) is 0 Å². The zero-order valence-corrected chi connectivity index (χ0v) is 21.8. The fourth-order valence-corrected chi connectivity index (χ4v) is 8.24. The van der Waals surface area contributed by atoms with E-state index in [4.69, 9.17) is 15.6 Å². The second-order valence-corrected chi connectivity index (χ2v) is 13.9. The number of carbonyl (C=O) groups is 1. The largest absolute Gasteiger partial charge is 0.490 e. The molecule has 0 aliphatic carbocycles. The average molecular weight is 629 g/mol. The molecule has 3 rings (SSSR count). The van der Waals surface area contributed by atoms with Gasteiger partial charge in [0.15, 0.2) is 17.7 Å². The highest BCUT2D eigenvalue weighted by atomic mass is 31.3. The first-order chi connectivity index (χ1) is 17.3. The molecule has 1 fully saturated rings. The molecule has 9 N–H and O–H groups in total. The molecule has 0 saturated carbocycles. The van der Waals surface area contributed by atoms with Gasteiger partial charge < -0.3 is 45.4 Å². The van der Waals surface area contributed by atoms with Gasteiger partial charge in [-0.15, -0.1) is 0 Å². The van der Waals surface area contributed by atoms with Crippen LogP contribution in [0.1, 0.15) is 6.23 Å². The van der Waals surface area contributed by atoms with Gasteiger partial charge in [-0.3, -0.25) is 18.5 Å². The molecule has 1 aliphatic heterocycles. The summed E-state index contributed by atoms with van der Waals surface area (Å²) in [5.41, 5.74) is 5.90. The van der Waals surface area contributed by atoms with Crippen molar-refractivity contribution in [2.24, 2.45) is 0 Å². The number of aliphatic carboxylic acids is 1. The molecular weight excluding hydrogens is 610 g/mol. The third-order valence-corrected chi connectivity index (χ3v) is 10.7. The highest BCUT2D eigenvalue weighted by Crippen LogP contribution is 2.71. The van der Waals surface area contributed by atoms with Crippen molar-refractivity contribution in [3.05, 3.63) is 12.7 Å². The molecule has 0 spiro atoms. The normalized spacial score (nSPS) is 28.3. The maximum Gasteiger partial charge on any atom is 0.490 e. The van der Waals surface area contributed by atoms with Gasteiger partial charge in [0, 0.05) is 0 Å². The summed E-state index contributed by atoms with van der Waals surface area (Å²) in [5, 5.41) is 29.0. The standard InChI is InChI=1S/C12H19N5O17P4/c13-10-7-11(15-3-14-10)17(4-16-7)12-9(21)8(20)5(31-12)1-30-36(24,25)33-38(28,29)34-37(26,27)32-35(22,23)2-6(18)19/h3-5,8-9,12,20-21H,1-2H2,(H,18,19)(H,22,23)(H,24,25)(H,26,27)(H,28,29)(H2,13,14,15)/t5-,8-,9-,12-/m1/s1. The number of anilines is 1. The number of nitrogens with zero attached hydrogens (tertiary/aromatic N) is 4. The Labute approximate surface area is 209 Å². The number of nitrogens with two attached hydrogens (primary N) is 1. The number of nitrogen functional groups attached to an aromatic ring is 1. The Morgan fingerprint density at radius 2 is 1.58 bits per heavy atom. The predicted octanol–water partition coefficient (Wildman–Crippen LogP) is -1.33. The minimum Gasteiger partial charge on any atom is -0.481 e. The summed E-state index contributed by atoms with van der Waals surface area (Å²) in [6.07, 6.45) is -5.86. The van der Waals surface area contributed by atoms with E-state index in [0.29, 0.717) is 0 Å². The number of imidazole rings is 1. The van der Waals surface area contributed by atoms with Gasteiger partial charge >= 0.3 is 37.0 Å². The van der Waals surface area contributed by atoms with Crippen molar-refractivity contribution in [1.29, 1.82) is 0 Å². The van der Waals surface area contributed by atoms with Crippen molar-refractivity contribution >= 4 is 54.0 Å². The zero-order chi connectivity index (χ0) is 28.7. The molecule has 2 aromatic heterocycles. The summed E-state index contributed by atoms with van der Waals surface area (Å²) in [6.45, 7) is -1.08. The second kappa shape index (κ2) is 11.1. The van der Waals surface area contributed by atoms with Crippen molar-refractivity contribution in [3.63, 3.8) is 0 Å². The number of aromatic nitrogens is 4. The molecule has 1 aliphatic rings. The Hall–Kier alpha value is -1.70. The van der Waals surface area contributed by atoms with E-state index in [-0.39, 0.29) is 17.0 Å². The monoisotopic (exact) mass is 629 g/mol. The zero-order valence-electron chi connectivity index (χ0n) is 18.2. The van der Waals surface area contributed by atoms with Gasteiger partial charge in [-0.05, 0) is 0 Å². The quantitative estimate of drug-likeness (QED) is 0.126.